The number of amides is 3. The fourth-order valence-corrected chi connectivity index (χ4v) is 5.21. The molecule has 178 valence electrons. The van der Waals surface area contributed by atoms with E-state index in [9.17, 15) is 24.5 Å². The van der Waals surface area contributed by atoms with E-state index < -0.39 is 35.0 Å². The lowest BCUT2D eigenvalue weighted by molar-refractivity contribution is -0.385. The van der Waals surface area contributed by atoms with Crippen LogP contribution in [0.2, 0.25) is 5.02 Å². The molecule has 2 aromatic carbocycles. The number of carbonyl (C=O) groups is 3. The largest absolute Gasteiger partial charge is 0.476 e. The van der Waals surface area contributed by atoms with Gasteiger partial charge in [0.2, 0.25) is 5.75 Å². The number of nitrogens with zero attached hydrogens (tertiary/aromatic N) is 3. The molecule has 1 N–H and O–H groups in total. The third-order valence-electron chi connectivity index (χ3n) is 6.42. The van der Waals surface area contributed by atoms with Crippen molar-refractivity contribution in [3.8, 4) is 5.75 Å². The van der Waals surface area contributed by atoms with E-state index in [1.165, 1.54) is 12.3 Å². The van der Waals surface area contributed by atoms with Crippen LogP contribution in [0.25, 0.3) is 0 Å². The van der Waals surface area contributed by atoms with Crippen LogP contribution in [-0.4, -0.2) is 40.5 Å². The zero-order valence-corrected chi connectivity index (χ0v) is 18.9. The number of halogens is 1. The highest BCUT2D eigenvalue weighted by molar-refractivity contribution is 6.32. The van der Waals surface area contributed by atoms with Crippen molar-refractivity contribution < 1.29 is 24.0 Å². The number of nitro benzene ring substituents is 1. The van der Waals surface area contributed by atoms with Crippen LogP contribution >= 0.6 is 11.6 Å². The number of anilines is 1. The quantitative estimate of drug-likeness (QED) is 0.206. The Hall–Kier alpha value is -4.05. The van der Waals surface area contributed by atoms with Gasteiger partial charge in [-0.1, -0.05) is 42.0 Å². The third kappa shape index (κ3) is 4.17. The number of fused-ring (bicyclic) bond motifs is 5. The fraction of sp³-hybridized carbons (Fsp3) is 0.250. The molecule has 1 saturated heterocycles. The molecule has 4 unspecified atom stereocenters. The molecule has 0 aromatic heterocycles. The lowest BCUT2D eigenvalue weighted by atomic mass is 9.85. The molecule has 35 heavy (non-hydrogen) atoms. The monoisotopic (exact) mass is 494 g/mol. The van der Waals surface area contributed by atoms with Gasteiger partial charge in [0.1, 0.15) is 0 Å². The molecule has 10 nitrogen and oxygen atoms in total. The van der Waals surface area contributed by atoms with Crippen molar-refractivity contribution in [2.24, 2.45) is 28.8 Å². The van der Waals surface area contributed by atoms with Gasteiger partial charge in [-0.25, -0.2) is 0 Å². The minimum Gasteiger partial charge on any atom is -0.476 e. The zero-order valence-electron chi connectivity index (χ0n) is 18.2. The van der Waals surface area contributed by atoms with Gasteiger partial charge < -0.3 is 10.1 Å². The SMILES string of the molecule is O=C(COc1c(Cl)cc(C=NN2C(=O)C3C4C=CC(C4)C3C2=O)cc1[N+](=O)[O-])Nc1ccccc1. The van der Waals surface area contributed by atoms with Gasteiger partial charge in [-0.15, -0.1) is 0 Å². The van der Waals surface area contributed by atoms with Gasteiger partial charge in [0.15, 0.2) is 6.61 Å². The fourth-order valence-electron chi connectivity index (χ4n) is 4.93. The Morgan fingerprint density at radius 3 is 2.46 bits per heavy atom. The van der Waals surface area contributed by atoms with Crippen LogP contribution in [0, 0.1) is 33.8 Å². The highest BCUT2D eigenvalue weighted by Crippen LogP contribution is 2.52. The molecule has 1 saturated carbocycles. The predicted molar refractivity (Wildman–Crippen MR) is 126 cm³/mol. The van der Waals surface area contributed by atoms with Gasteiger partial charge in [0, 0.05) is 17.3 Å². The van der Waals surface area contributed by atoms with Gasteiger partial charge in [-0.3, -0.25) is 24.5 Å². The van der Waals surface area contributed by atoms with E-state index in [-0.39, 0.29) is 40.0 Å². The van der Waals surface area contributed by atoms with Crippen molar-refractivity contribution in [3.63, 3.8) is 0 Å². The smallest absolute Gasteiger partial charge is 0.313 e. The minimum absolute atomic E-state index is 0.0488. The summed E-state index contributed by atoms with van der Waals surface area (Å²) in [5, 5.41) is 19.0. The number of rotatable bonds is 7. The summed E-state index contributed by atoms with van der Waals surface area (Å²) >= 11 is 6.22. The van der Waals surface area contributed by atoms with Gasteiger partial charge in [-0.05, 0) is 36.5 Å². The number of imide groups is 1. The van der Waals surface area contributed by atoms with Crippen LogP contribution in [0.3, 0.4) is 0 Å². The standard InChI is InChI=1S/C24H19ClN4O6/c25-17-8-13(11-26-28-23(31)20-14-6-7-15(10-14)21(20)24(28)32)9-18(29(33)34)22(17)35-12-19(30)27-16-4-2-1-3-5-16/h1-9,11,14-15,20-21H,10,12H2,(H,27,30). The minimum atomic E-state index is -0.701. The average Bonchev–Trinajstić information content (AvgIpc) is 3.51. The molecular formula is C24H19ClN4O6. The number of ether oxygens (including phenoxy) is 1. The average molecular weight is 495 g/mol. The summed E-state index contributed by atoms with van der Waals surface area (Å²) in [6, 6.07) is 11.2. The lowest BCUT2D eigenvalue weighted by Crippen LogP contribution is -2.28. The van der Waals surface area contributed by atoms with Crippen LogP contribution in [0.4, 0.5) is 11.4 Å². The van der Waals surface area contributed by atoms with Crippen molar-refractivity contribution >= 4 is 46.9 Å². The van der Waals surface area contributed by atoms with Crippen molar-refractivity contribution in [3.05, 3.63) is 75.3 Å². The summed E-state index contributed by atoms with van der Waals surface area (Å²) in [5.74, 6) is -2.22. The highest BCUT2D eigenvalue weighted by Gasteiger charge is 2.59. The number of hydrogen-bond donors (Lipinski definition) is 1. The number of hydrazone groups is 1. The number of nitrogens with one attached hydrogen (secondary N) is 1. The number of hydrogen-bond acceptors (Lipinski definition) is 7. The summed E-state index contributed by atoms with van der Waals surface area (Å²) in [4.78, 5) is 48.6. The molecule has 2 fully saturated rings. The van der Waals surface area contributed by atoms with Crippen molar-refractivity contribution in [1.82, 2.24) is 5.01 Å². The van der Waals surface area contributed by atoms with E-state index in [4.69, 9.17) is 16.3 Å². The molecule has 3 aliphatic rings. The van der Waals surface area contributed by atoms with Crippen molar-refractivity contribution in [2.45, 2.75) is 6.42 Å². The molecule has 3 amide bonds. The number of benzene rings is 2. The second kappa shape index (κ2) is 8.95. The maximum Gasteiger partial charge on any atom is 0.313 e. The van der Waals surface area contributed by atoms with E-state index in [2.05, 4.69) is 10.4 Å². The summed E-state index contributed by atoms with van der Waals surface area (Å²) in [5.41, 5.74) is 0.262. The number of allylic oxidation sites excluding steroid dienone is 2. The topological polar surface area (TPSA) is 131 Å². The molecule has 4 atom stereocenters. The summed E-state index contributed by atoms with van der Waals surface area (Å²) in [7, 11) is 0. The van der Waals surface area contributed by atoms with Crippen molar-refractivity contribution in [1.29, 1.82) is 0 Å². The number of carbonyl (C=O) groups excluding carboxylic acids is 3. The Balaban J connectivity index is 1.31. The molecule has 2 bridgehead atoms. The predicted octanol–water partition coefficient (Wildman–Crippen LogP) is 3.41. The molecule has 0 radical (unpaired) electrons. The van der Waals surface area contributed by atoms with Crippen LogP contribution in [0.15, 0.2) is 59.7 Å². The number of nitro groups is 1. The first-order valence-electron chi connectivity index (χ1n) is 10.9. The first-order chi connectivity index (χ1) is 16.8. The zero-order chi connectivity index (χ0) is 24.7. The molecule has 0 spiro atoms. The van der Waals surface area contributed by atoms with Gasteiger partial charge in [-0.2, -0.15) is 10.1 Å². The highest BCUT2D eigenvalue weighted by atomic mass is 35.5. The Bertz CT molecular complexity index is 1260. The van der Waals surface area contributed by atoms with E-state index in [1.54, 1.807) is 30.3 Å². The Kier molecular flexibility index (Phi) is 5.81. The normalized spacial score (nSPS) is 24.3. The molecule has 5 rings (SSSR count). The van der Waals surface area contributed by atoms with Gasteiger partial charge in [0.25, 0.3) is 17.7 Å². The van der Waals surface area contributed by atoms with E-state index in [0.29, 0.717) is 5.69 Å². The molecule has 2 aromatic rings. The maximum atomic E-state index is 12.8. The van der Waals surface area contributed by atoms with E-state index in [0.717, 1.165) is 17.5 Å². The Labute approximate surface area is 204 Å². The summed E-state index contributed by atoms with van der Waals surface area (Å²) in [6.07, 6.45) is 5.94. The molecule has 2 aliphatic carbocycles. The molecular weight excluding hydrogens is 476 g/mol. The number of para-hydroxylation sites is 1. The third-order valence-corrected chi connectivity index (χ3v) is 6.70. The van der Waals surface area contributed by atoms with E-state index >= 15 is 0 Å². The first-order valence-corrected chi connectivity index (χ1v) is 11.3. The van der Waals surface area contributed by atoms with Gasteiger partial charge in [0.05, 0.1) is 28.0 Å². The van der Waals surface area contributed by atoms with Crippen LogP contribution in [0.1, 0.15) is 12.0 Å². The Morgan fingerprint density at radius 2 is 1.83 bits per heavy atom. The van der Waals surface area contributed by atoms with Crippen molar-refractivity contribution in [2.75, 3.05) is 11.9 Å². The Morgan fingerprint density at radius 1 is 1.17 bits per heavy atom. The van der Waals surface area contributed by atoms with Crippen LogP contribution < -0.4 is 10.1 Å². The molecule has 11 heteroatoms. The van der Waals surface area contributed by atoms with Crippen LogP contribution in [0.5, 0.6) is 5.75 Å². The van der Waals surface area contributed by atoms with Crippen LogP contribution in [-0.2, 0) is 14.4 Å². The summed E-state index contributed by atoms with van der Waals surface area (Å²) < 4.78 is 5.36. The molecule has 1 heterocycles. The van der Waals surface area contributed by atoms with Gasteiger partial charge >= 0.3 is 5.69 Å². The second-order valence-corrected chi connectivity index (χ2v) is 8.95. The summed E-state index contributed by atoms with van der Waals surface area (Å²) in [6.45, 7) is -0.501. The lowest BCUT2D eigenvalue weighted by Gasteiger charge is -2.13. The molecule has 1 aliphatic heterocycles. The maximum absolute atomic E-state index is 12.8. The first kappa shape index (κ1) is 22.7. The van der Waals surface area contributed by atoms with E-state index in [1.807, 2.05) is 12.2 Å². The second-order valence-electron chi connectivity index (χ2n) is 8.54.